The smallest absolute Gasteiger partial charge is 0.261 e. The highest BCUT2D eigenvalue weighted by atomic mass is 35.5. The number of carbonyl (C=O) groups excluding carboxylic acids is 2. The largest absolute Gasteiger partial charge is 1.00 e. The fourth-order valence-corrected chi connectivity index (χ4v) is 3.06. The van der Waals surface area contributed by atoms with Crippen LogP contribution in [0.5, 0.6) is 0 Å². The average Bonchev–Trinajstić information content (AvgIpc) is 2.74. The van der Waals surface area contributed by atoms with Crippen molar-refractivity contribution >= 4 is 11.8 Å². The zero-order valence-corrected chi connectivity index (χ0v) is 13.9. The maximum absolute atomic E-state index is 12.2. The first-order valence-corrected chi connectivity index (χ1v) is 7.38. The van der Waals surface area contributed by atoms with Crippen LogP contribution < -0.4 is 35.0 Å². The number of rotatable bonds is 4. The molecule has 0 spiro atoms. The first-order valence-electron chi connectivity index (χ1n) is 7.38. The van der Waals surface area contributed by atoms with Crippen LogP contribution in [0.3, 0.4) is 0 Å². The van der Waals surface area contributed by atoms with E-state index in [1.54, 1.807) is 17.0 Å². The van der Waals surface area contributed by atoms with Gasteiger partial charge < -0.3 is 35.0 Å². The second-order valence-corrected chi connectivity index (χ2v) is 5.53. The highest BCUT2D eigenvalue weighted by Crippen LogP contribution is 2.22. The number of nitrogens with one attached hydrogen (secondary N) is 1. The molecule has 0 bridgehead atoms. The van der Waals surface area contributed by atoms with Crippen LogP contribution >= 0.6 is 0 Å². The number of quaternary nitrogens is 2. The van der Waals surface area contributed by atoms with Gasteiger partial charge in [0.15, 0.2) is 0 Å². The molecule has 0 unspecified atom stereocenters. The van der Waals surface area contributed by atoms with E-state index in [0.717, 1.165) is 13.0 Å². The van der Waals surface area contributed by atoms with Crippen molar-refractivity contribution < 1.29 is 44.6 Å². The average molecular weight is 346 g/mol. The van der Waals surface area contributed by atoms with Crippen LogP contribution in [0.15, 0.2) is 24.3 Å². The molecule has 2 aliphatic rings. The van der Waals surface area contributed by atoms with Crippen LogP contribution in [0.2, 0.25) is 0 Å². The van der Waals surface area contributed by atoms with E-state index in [-0.39, 0.29) is 36.6 Å². The van der Waals surface area contributed by atoms with Gasteiger partial charge in [-0.05, 0) is 12.1 Å². The SMILES string of the molecule is O=C1c2ccccc2C(=O)N1CCC[NH+]1CC[NH2+]CC1.[Cl-].[Cl-]. The van der Waals surface area contributed by atoms with Gasteiger partial charge in [0.25, 0.3) is 11.8 Å². The van der Waals surface area contributed by atoms with Gasteiger partial charge in [-0.3, -0.25) is 14.5 Å². The zero-order valence-electron chi connectivity index (χ0n) is 12.4. The first kappa shape index (κ1) is 18.9. The third kappa shape index (κ3) is 3.79. The maximum Gasteiger partial charge on any atom is 0.261 e. The molecule has 3 N–H and O–H groups in total. The van der Waals surface area contributed by atoms with Gasteiger partial charge in [-0.1, -0.05) is 12.1 Å². The maximum atomic E-state index is 12.2. The number of hydrogen-bond donors (Lipinski definition) is 2. The van der Waals surface area contributed by atoms with Gasteiger partial charge in [0.1, 0.15) is 26.2 Å². The third-order valence-corrected chi connectivity index (χ3v) is 4.19. The van der Waals surface area contributed by atoms with Gasteiger partial charge in [0, 0.05) is 13.0 Å². The van der Waals surface area contributed by atoms with Gasteiger partial charge in [0.2, 0.25) is 0 Å². The van der Waals surface area contributed by atoms with E-state index < -0.39 is 0 Å². The summed E-state index contributed by atoms with van der Waals surface area (Å²) < 4.78 is 0. The lowest BCUT2D eigenvalue weighted by molar-refractivity contribution is -0.946. The standard InChI is InChI=1S/C15H19N3O2.2ClH/c19-14-12-4-1-2-5-13(12)15(20)18(14)9-3-8-17-10-6-16-7-11-17;;/h1-2,4-5,16H,3,6-11H2;2*1H. The van der Waals surface area contributed by atoms with E-state index in [9.17, 15) is 9.59 Å². The molecule has 0 aliphatic carbocycles. The summed E-state index contributed by atoms with van der Waals surface area (Å²) >= 11 is 0. The van der Waals surface area contributed by atoms with Crippen molar-refractivity contribution in [2.24, 2.45) is 0 Å². The summed E-state index contributed by atoms with van der Waals surface area (Å²) in [6.45, 7) is 6.32. The second-order valence-electron chi connectivity index (χ2n) is 5.53. The zero-order chi connectivity index (χ0) is 13.9. The van der Waals surface area contributed by atoms with Gasteiger partial charge in [-0.15, -0.1) is 0 Å². The molecule has 5 nitrogen and oxygen atoms in total. The number of hydrogen-bond acceptors (Lipinski definition) is 2. The number of carbonyl (C=O) groups is 2. The summed E-state index contributed by atoms with van der Waals surface area (Å²) in [5.74, 6) is -0.264. The summed E-state index contributed by atoms with van der Waals surface area (Å²) in [6.07, 6.45) is 0.890. The summed E-state index contributed by atoms with van der Waals surface area (Å²) in [5, 5.41) is 2.34. The number of amides is 2. The Morgan fingerprint density at radius 2 is 1.55 bits per heavy atom. The molecular formula is C15H21Cl2N3O2. The predicted molar refractivity (Wildman–Crippen MR) is 73.6 cm³/mol. The number of piperazine rings is 1. The third-order valence-electron chi connectivity index (χ3n) is 4.19. The Bertz CT molecular complexity index is 498. The Hall–Kier alpha value is -1.14. The van der Waals surface area contributed by atoms with Crippen LogP contribution in [0, 0.1) is 0 Å². The molecule has 1 aromatic rings. The minimum Gasteiger partial charge on any atom is -1.00 e. The topological polar surface area (TPSA) is 58.4 Å². The molecule has 122 valence electrons. The van der Waals surface area contributed by atoms with E-state index in [1.807, 2.05) is 12.1 Å². The molecule has 22 heavy (non-hydrogen) atoms. The van der Waals surface area contributed by atoms with E-state index in [4.69, 9.17) is 0 Å². The van der Waals surface area contributed by atoms with Gasteiger partial charge >= 0.3 is 0 Å². The number of fused-ring (bicyclic) bond motifs is 1. The lowest BCUT2D eigenvalue weighted by Crippen LogP contribution is -3.20. The molecule has 0 saturated carbocycles. The number of imide groups is 1. The van der Waals surface area contributed by atoms with Crippen LogP contribution in [0.25, 0.3) is 0 Å². The summed E-state index contributed by atoms with van der Waals surface area (Å²) in [6, 6.07) is 7.09. The molecule has 3 rings (SSSR count). The number of nitrogens with zero attached hydrogens (tertiary/aromatic N) is 1. The number of benzene rings is 1. The molecule has 2 amide bonds. The van der Waals surface area contributed by atoms with Crippen LogP contribution in [-0.4, -0.2) is 56.0 Å². The van der Waals surface area contributed by atoms with Crippen LogP contribution in [0.4, 0.5) is 0 Å². The Balaban J connectivity index is 0.00000121. The van der Waals surface area contributed by atoms with Gasteiger partial charge in [0.05, 0.1) is 17.7 Å². The van der Waals surface area contributed by atoms with Crippen molar-refractivity contribution in [1.29, 1.82) is 0 Å². The first-order chi connectivity index (χ1) is 9.77. The highest BCUT2D eigenvalue weighted by molar-refractivity contribution is 6.21. The normalized spacial score (nSPS) is 17.7. The fraction of sp³-hybridized carbons (Fsp3) is 0.467. The summed E-state index contributed by atoms with van der Waals surface area (Å²) in [4.78, 5) is 27.4. The summed E-state index contributed by atoms with van der Waals surface area (Å²) in [7, 11) is 0. The van der Waals surface area contributed by atoms with Crippen molar-refractivity contribution in [2.75, 3.05) is 39.3 Å². The van der Waals surface area contributed by atoms with E-state index >= 15 is 0 Å². The quantitative estimate of drug-likeness (QED) is 0.532. The predicted octanol–water partition coefficient (Wildman–Crippen LogP) is -7.86. The van der Waals surface area contributed by atoms with E-state index in [1.165, 1.54) is 31.1 Å². The molecular weight excluding hydrogens is 325 g/mol. The minimum atomic E-state index is -0.132. The second kappa shape index (κ2) is 8.48. The van der Waals surface area contributed by atoms with E-state index in [0.29, 0.717) is 17.7 Å². The van der Waals surface area contributed by atoms with Crippen LogP contribution in [0.1, 0.15) is 27.1 Å². The van der Waals surface area contributed by atoms with Crippen molar-refractivity contribution in [3.8, 4) is 0 Å². The Kier molecular flexibility index (Phi) is 7.29. The molecule has 1 saturated heterocycles. The van der Waals surface area contributed by atoms with Gasteiger partial charge in [-0.2, -0.15) is 0 Å². The molecule has 1 aromatic carbocycles. The van der Waals surface area contributed by atoms with Crippen molar-refractivity contribution in [1.82, 2.24) is 4.90 Å². The number of halogens is 2. The Morgan fingerprint density at radius 1 is 1.00 bits per heavy atom. The molecule has 2 heterocycles. The van der Waals surface area contributed by atoms with Gasteiger partial charge in [-0.25, -0.2) is 0 Å². The number of nitrogens with two attached hydrogens (primary N) is 1. The highest BCUT2D eigenvalue weighted by Gasteiger charge is 2.34. The molecule has 0 radical (unpaired) electrons. The molecule has 0 atom stereocenters. The molecule has 7 heteroatoms. The molecule has 2 aliphatic heterocycles. The monoisotopic (exact) mass is 345 g/mol. The van der Waals surface area contributed by atoms with Crippen molar-refractivity contribution in [3.05, 3.63) is 35.4 Å². The minimum absolute atomic E-state index is 0. The Morgan fingerprint density at radius 3 is 2.09 bits per heavy atom. The van der Waals surface area contributed by atoms with Crippen molar-refractivity contribution in [3.63, 3.8) is 0 Å². The van der Waals surface area contributed by atoms with Crippen molar-refractivity contribution in [2.45, 2.75) is 6.42 Å². The lowest BCUT2D eigenvalue weighted by atomic mass is 10.1. The van der Waals surface area contributed by atoms with E-state index in [2.05, 4.69) is 5.32 Å². The summed E-state index contributed by atoms with van der Waals surface area (Å²) in [5.41, 5.74) is 1.11. The lowest BCUT2D eigenvalue weighted by Gasteiger charge is -2.23. The Labute approximate surface area is 142 Å². The molecule has 1 fully saturated rings. The fourth-order valence-electron chi connectivity index (χ4n) is 3.06. The van der Waals surface area contributed by atoms with Crippen LogP contribution in [-0.2, 0) is 0 Å². The molecule has 0 aromatic heterocycles.